The molecule has 11 heteroatoms. The van der Waals surface area contributed by atoms with Gasteiger partial charge >= 0.3 is 5.97 Å². The molecule has 1 aliphatic rings. The van der Waals surface area contributed by atoms with Gasteiger partial charge in [-0.2, -0.15) is 0 Å². The minimum atomic E-state index is -2.87. The summed E-state index contributed by atoms with van der Waals surface area (Å²) in [6.07, 6.45) is -3.66. The lowest BCUT2D eigenvalue weighted by atomic mass is 9.96. The third kappa shape index (κ3) is 8.77. The minimum absolute atomic E-state index is 0.0656. The molecule has 2 amide bonds. The maximum Gasteiger partial charge on any atom is 0.338 e. The number of nitrogens with one attached hydrogen (secondary N) is 3. The summed E-state index contributed by atoms with van der Waals surface area (Å²) < 4.78 is 60.5. The number of halogens is 4. The van der Waals surface area contributed by atoms with E-state index in [4.69, 9.17) is 4.74 Å². The van der Waals surface area contributed by atoms with Crippen molar-refractivity contribution in [3.63, 3.8) is 0 Å². The number of hydrogen-bond acceptors (Lipinski definition) is 5. The molecule has 1 saturated heterocycles. The molecule has 1 unspecified atom stereocenters. The molecule has 0 aromatic heterocycles. The van der Waals surface area contributed by atoms with Gasteiger partial charge in [0.25, 0.3) is 0 Å². The van der Waals surface area contributed by atoms with E-state index in [2.05, 4.69) is 16.0 Å². The van der Waals surface area contributed by atoms with Crippen LogP contribution in [0.4, 0.5) is 17.6 Å². The first-order valence-corrected chi connectivity index (χ1v) is 12.7. The van der Waals surface area contributed by atoms with Gasteiger partial charge in [0.15, 0.2) is 0 Å². The van der Waals surface area contributed by atoms with Crippen molar-refractivity contribution in [3.05, 3.63) is 70.8 Å². The van der Waals surface area contributed by atoms with Gasteiger partial charge in [0.1, 0.15) is 23.3 Å². The SMILES string of the molecule is CC(C)(C)OC(=O)c1cc(F)c(CCNC(=O)[C@H](CC(F)F)NC(=O)C2C[C@@H](c3ccccc3)CN2)c(F)c1. The molecular formula is C28H33F4N3O4. The second-order valence-electron chi connectivity index (χ2n) is 10.5. The van der Waals surface area contributed by atoms with Crippen LogP contribution in [0.5, 0.6) is 0 Å². The Labute approximate surface area is 224 Å². The first-order chi connectivity index (χ1) is 18.3. The highest BCUT2D eigenvalue weighted by atomic mass is 19.3. The second-order valence-corrected chi connectivity index (χ2v) is 10.5. The van der Waals surface area contributed by atoms with Gasteiger partial charge in [-0.15, -0.1) is 0 Å². The van der Waals surface area contributed by atoms with Crippen molar-refractivity contribution in [1.82, 2.24) is 16.0 Å². The van der Waals surface area contributed by atoms with Crippen LogP contribution in [0.15, 0.2) is 42.5 Å². The Kier molecular flexibility index (Phi) is 10.1. The number of ether oxygens (including phenoxy) is 1. The van der Waals surface area contributed by atoms with E-state index in [-0.39, 0.29) is 30.0 Å². The summed E-state index contributed by atoms with van der Waals surface area (Å²) in [6.45, 7) is 5.09. The lowest BCUT2D eigenvalue weighted by molar-refractivity contribution is -0.130. The van der Waals surface area contributed by atoms with E-state index in [0.29, 0.717) is 13.0 Å². The zero-order valence-corrected chi connectivity index (χ0v) is 22.0. The molecule has 0 aliphatic carbocycles. The third-order valence-electron chi connectivity index (χ3n) is 6.22. The highest BCUT2D eigenvalue weighted by molar-refractivity contribution is 5.90. The van der Waals surface area contributed by atoms with Crippen LogP contribution in [0.1, 0.15) is 61.0 Å². The monoisotopic (exact) mass is 551 g/mol. The van der Waals surface area contributed by atoms with Crippen molar-refractivity contribution in [2.24, 2.45) is 0 Å². The van der Waals surface area contributed by atoms with Crippen LogP contribution < -0.4 is 16.0 Å². The van der Waals surface area contributed by atoms with E-state index in [9.17, 15) is 31.9 Å². The van der Waals surface area contributed by atoms with Crippen molar-refractivity contribution in [3.8, 4) is 0 Å². The maximum absolute atomic E-state index is 14.5. The van der Waals surface area contributed by atoms with Crippen molar-refractivity contribution in [1.29, 1.82) is 0 Å². The Morgan fingerprint density at radius 1 is 1.08 bits per heavy atom. The number of alkyl halides is 2. The molecule has 0 spiro atoms. The first-order valence-electron chi connectivity index (χ1n) is 12.7. The molecule has 0 radical (unpaired) electrons. The average Bonchev–Trinajstić information content (AvgIpc) is 3.35. The van der Waals surface area contributed by atoms with Crippen LogP contribution in [0, 0.1) is 11.6 Å². The summed E-state index contributed by atoms with van der Waals surface area (Å²) >= 11 is 0. The lowest BCUT2D eigenvalue weighted by Gasteiger charge is -2.21. The predicted octanol–water partition coefficient (Wildman–Crippen LogP) is 3.86. The van der Waals surface area contributed by atoms with Crippen molar-refractivity contribution in [2.75, 3.05) is 13.1 Å². The molecule has 3 rings (SSSR count). The quantitative estimate of drug-likeness (QED) is 0.308. The summed E-state index contributed by atoms with van der Waals surface area (Å²) in [5.41, 5.74) is -0.503. The first kappa shape index (κ1) is 30.1. The van der Waals surface area contributed by atoms with E-state index in [0.717, 1.165) is 17.7 Å². The molecular weight excluding hydrogens is 518 g/mol. The summed E-state index contributed by atoms with van der Waals surface area (Å²) in [4.78, 5) is 37.5. The molecule has 7 nitrogen and oxygen atoms in total. The van der Waals surface area contributed by atoms with E-state index in [1.54, 1.807) is 20.8 Å². The van der Waals surface area contributed by atoms with Crippen LogP contribution in [0.2, 0.25) is 0 Å². The number of benzene rings is 2. The molecule has 39 heavy (non-hydrogen) atoms. The molecule has 0 bridgehead atoms. The van der Waals surface area contributed by atoms with Crippen LogP contribution in [0.3, 0.4) is 0 Å². The Bertz CT molecular complexity index is 1150. The Balaban J connectivity index is 1.57. The highest BCUT2D eigenvalue weighted by Gasteiger charge is 2.33. The summed E-state index contributed by atoms with van der Waals surface area (Å²) in [6, 6.07) is 9.03. The summed E-state index contributed by atoms with van der Waals surface area (Å²) in [5.74, 6) is -4.32. The van der Waals surface area contributed by atoms with Gasteiger partial charge in [0, 0.05) is 25.1 Å². The Hall–Kier alpha value is -3.47. The fraction of sp³-hybridized carbons (Fsp3) is 0.464. The smallest absolute Gasteiger partial charge is 0.338 e. The molecule has 2 aromatic rings. The number of carbonyl (C=O) groups excluding carboxylic acids is 3. The van der Waals surface area contributed by atoms with Crippen LogP contribution in [-0.2, 0) is 20.7 Å². The third-order valence-corrected chi connectivity index (χ3v) is 6.22. The molecule has 1 heterocycles. The molecule has 1 fully saturated rings. The van der Waals surface area contributed by atoms with Gasteiger partial charge in [0.2, 0.25) is 18.2 Å². The van der Waals surface area contributed by atoms with Crippen LogP contribution >= 0.6 is 0 Å². The van der Waals surface area contributed by atoms with E-state index >= 15 is 0 Å². The van der Waals surface area contributed by atoms with Crippen molar-refractivity contribution in [2.45, 2.75) is 70.1 Å². The molecule has 2 aromatic carbocycles. The number of esters is 1. The van der Waals surface area contributed by atoms with Crippen molar-refractivity contribution >= 4 is 17.8 Å². The average molecular weight is 552 g/mol. The molecule has 3 atom stereocenters. The molecule has 1 aliphatic heterocycles. The van der Waals surface area contributed by atoms with Gasteiger partial charge < -0.3 is 20.7 Å². The fourth-order valence-electron chi connectivity index (χ4n) is 4.33. The summed E-state index contributed by atoms with van der Waals surface area (Å²) in [5, 5.41) is 7.79. The molecule has 212 valence electrons. The number of amides is 2. The minimum Gasteiger partial charge on any atom is -0.456 e. The van der Waals surface area contributed by atoms with Crippen LogP contribution in [0.25, 0.3) is 0 Å². The predicted molar refractivity (Wildman–Crippen MR) is 136 cm³/mol. The zero-order chi connectivity index (χ0) is 28.7. The van der Waals surface area contributed by atoms with Gasteiger partial charge in [-0.1, -0.05) is 30.3 Å². The van der Waals surface area contributed by atoms with E-state index in [1.807, 2.05) is 30.3 Å². The number of hydrogen-bond donors (Lipinski definition) is 3. The molecule has 3 N–H and O–H groups in total. The largest absolute Gasteiger partial charge is 0.456 e. The lowest BCUT2D eigenvalue weighted by Crippen LogP contribution is -2.52. The van der Waals surface area contributed by atoms with Crippen molar-refractivity contribution < 1.29 is 36.7 Å². The Morgan fingerprint density at radius 2 is 1.72 bits per heavy atom. The van der Waals surface area contributed by atoms with Gasteiger partial charge in [-0.3, -0.25) is 9.59 Å². The zero-order valence-electron chi connectivity index (χ0n) is 22.0. The molecule has 0 saturated carbocycles. The van der Waals surface area contributed by atoms with Crippen LogP contribution in [-0.4, -0.2) is 55.0 Å². The second kappa shape index (κ2) is 13.1. The number of carbonyl (C=O) groups is 3. The normalized spacial score (nSPS) is 18.1. The maximum atomic E-state index is 14.5. The number of rotatable bonds is 10. The topological polar surface area (TPSA) is 96.5 Å². The van der Waals surface area contributed by atoms with Gasteiger partial charge in [-0.05, 0) is 57.2 Å². The van der Waals surface area contributed by atoms with Gasteiger partial charge in [0.05, 0.1) is 11.6 Å². The van der Waals surface area contributed by atoms with Gasteiger partial charge in [-0.25, -0.2) is 22.4 Å². The standard InChI is InChI=1S/C28H33F4N3O4/c1-28(2,3)39-27(38)17-11-20(29)19(21(30)12-17)9-10-33-25(36)23(14-24(31)32)35-26(37)22-13-18(15-34-22)16-7-5-4-6-8-16/h4-8,11-12,18,22-24,34H,9-10,13-15H2,1-3H3,(H,33,36)(H,35,37)/t18-,22?,23+/m1/s1. The Morgan fingerprint density at radius 3 is 2.31 bits per heavy atom. The highest BCUT2D eigenvalue weighted by Crippen LogP contribution is 2.25. The van der Waals surface area contributed by atoms with E-state index < -0.39 is 59.9 Å². The fourth-order valence-corrected chi connectivity index (χ4v) is 4.33. The van der Waals surface area contributed by atoms with E-state index in [1.165, 1.54) is 0 Å². The summed E-state index contributed by atoms with van der Waals surface area (Å²) in [7, 11) is 0.